The number of fused-ring (bicyclic) bond motifs is 3. The zero-order chi connectivity index (χ0) is 22.9. The molecule has 8 heteroatoms. The van der Waals surface area contributed by atoms with Crippen molar-refractivity contribution in [3.05, 3.63) is 59.7 Å². The van der Waals surface area contributed by atoms with Gasteiger partial charge >= 0.3 is 12.1 Å². The van der Waals surface area contributed by atoms with Gasteiger partial charge in [-0.2, -0.15) is 0 Å². The number of rotatable bonds is 7. The highest BCUT2D eigenvalue weighted by Crippen LogP contribution is 2.44. The highest BCUT2D eigenvalue weighted by Gasteiger charge is 2.44. The van der Waals surface area contributed by atoms with Crippen molar-refractivity contribution < 1.29 is 29.0 Å². The first-order valence-corrected chi connectivity index (χ1v) is 11.2. The summed E-state index contributed by atoms with van der Waals surface area (Å²) in [7, 11) is 0. The van der Waals surface area contributed by atoms with E-state index in [-0.39, 0.29) is 43.5 Å². The van der Waals surface area contributed by atoms with E-state index < -0.39 is 24.0 Å². The van der Waals surface area contributed by atoms with Crippen LogP contribution in [0.25, 0.3) is 11.1 Å². The number of nitrogens with one attached hydrogen (secondary N) is 2. The summed E-state index contributed by atoms with van der Waals surface area (Å²) in [5.41, 5.74) is 4.58. The summed E-state index contributed by atoms with van der Waals surface area (Å²) in [6.07, 6.45) is -0.00335. The number of hydrogen-bond donors (Lipinski definition) is 3. The molecule has 1 saturated heterocycles. The minimum Gasteiger partial charge on any atom is -0.481 e. The third-order valence-corrected chi connectivity index (χ3v) is 6.84. The van der Waals surface area contributed by atoms with Gasteiger partial charge in [0.05, 0.1) is 31.1 Å². The van der Waals surface area contributed by atoms with E-state index in [1.807, 2.05) is 24.3 Å². The lowest BCUT2D eigenvalue weighted by atomic mass is 9.98. The van der Waals surface area contributed by atoms with Crippen LogP contribution in [0, 0.1) is 17.8 Å². The first kappa shape index (κ1) is 21.5. The zero-order valence-corrected chi connectivity index (χ0v) is 18.0. The number of alkyl carbamates (subject to hydrolysis) is 1. The molecule has 2 aliphatic carbocycles. The first-order valence-electron chi connectivity index (χ1n) is 11.2. The van der Waals surface area contributed by atoms with Gasteiger partial charge in [-0.3, -0.25) is 9.59 Å². The Bertz CT molecular complexity index is 1040. The molecule has 3 N–H and O–H groups in total. The predicted octanol–water partition coefficient (Wildman–Crippen LogP) is 2.38. The molecule has 0 radical (unpaired) electrons. The number of carboxylic acids is 1. The van der Waals surface area contributed by atoms with Crippen molar-refractivity contribution in [3.63, 3.8) is 0 Å². The fourth-order valence-electron chi connectivity index (χ4n) is 4.88. The molecule has 0 bridgehead atoms. The van der Waals surface area contributed by atoms with Gasteiger partial charge in [-0.15, -0.1) is 0 Å². The average Bonchev–Trinajstić information content (AvgIpc) is 3.35. The van der Waals surface area contributed by atoms with E-state index in [0.717, 1.165) is 22.3 Å². The highest BCUT2D eigenvalue weighted by molar-refractivity contribution is 5.82. The Labute approximate surface area is 191 Å². The van der Waals surface area contributed by atoms with Gasteiger partial charge in [0.1, 0.15) is 6.61 Å². The molecule has 5 rings (SSSR count). The summed E-state index contributed by atoms with van der Waals surface area (Å²) < 4.78 is 11.0. The lowest BCUT2D eigenvalue weighted by Gasteiger charge is -2.20. The van der Waals surface area contributed by atoms with Crippen LogP contribution < -0.4 is 10.6 Å². The SMILES string of the molecule is O=C(NC1COCC1C(=O)NC[C@H]1C[C@H]1C(=O)O)OCC1c2ccccc2-c2ccccc21. The van der Waals surface area contributed by atoms with Gasteiger partial charge in [0, 0.05) is 12.5 Å². The zero-order valence-electron chi connectivity index (χ0n) is 18.0. The monoisotopic (exact) mass is 450 g/mol. The quantitative estimate of drug-likeness (QED) is 0.597. The molecule has 2 amide bonds. The molecule has 2 fully saturated rings. The van der Waals surface area contributed by atoms with Crippen LogP contribution in [0.5, 0.6) is 0 Å². The summed E-state index contributed by atoms with van der Waals surface area (Å²) in [4.78, 5) is 36.1. The van der Waals surface area contributed by atoms with Gasteiger partial charge in [-0.05, 0) is 34.6 Å². The average molecular weight is 450 g/mol. The minimum absolute atomic E-state index is 0.0256. The summed E-state index contributed by atoms with van der Waals surface area (Å²) in [5, 5.41) is 14.6. The molecule has 2 aromatic rings. The topological polar surface area (TPSA) is 114 Å². The number of carbonyl (C=O) groups is 3. The van der Waals surface area contributed by atoms with E-state index in [4.69, 9.17) is 14.6 Å². The fourth-order valence-corrected chi connectivity index (χ4v) is 4.88. The number of benzene rings is 2. The molecule has 1 heterocycles. The van der Waals surface area contributed by atoms with Crippen molar-refractivity contribution in [2.45, 2.75) is 18.4 Å². The molecule has 172 valence electrons. The van der Waals surface area contributed by atoms with Crippen LogP contribution in [0.1, 0.15) is 23.5 Å². The third kappa shape index (κ3) is 4.30. The molecule has 33 heavy (non-hydrogen) atoms. The Kier molecular flexibility index (Phi) is 5.76. The molecular weight excluding hydrogens is 424 g/mol. The molecule has 3 aliphatic rings. The standard InChI is InChI=1S/C25H26N2O6/c28-23(26-10-14-9-19(14)24(29)30)21-11-32-13-22(21)27-25(31)33-12-20-17-7-3-1-5-15(17)16-6-2-4-8-18(16)20/h1-8,14,19-22H,9-13H2,(H,26,28)(H,27,31)(H,29,30)/t14-,19-,21?,22?/m1/s1. The molecule has 0 spiro atoms. The number of hydrogen-bond acceptors (Lipinski definition) is 5. The van der Waals surface area contributed by atoms with Gasteiger partial charge < -0.3 is 25.2 Å². The van der Waals surface area contributed by atoms with Crippen molar-refractivity contribution in [1.82, 2.24) is 10.6 Å². The lowest BCUT2D eigenvalue weighted by molar-refractivity contribution is -0.139. The Morgan fingerprint density at radius 2 is 1.64 bits per heavy atom. The molecule has 1 saturated carbocycles. The van der Waals surface area contributed by atoms with E-state index in [1.54, 1.807) is 0 Å². The van der Waals surface area contributed by atoms with Crippen LogP contribution in [-0.4, -0.2) is 55.5 Å². The Hall–Kier alpha value is -3.39. The number of carbonyl (C=O) groups excluding carboxylic acids is 2. The maximum atomic E-state index is 12.6. The Morgan fingerprint density at radius 3 is 2.27 bits per heavy atom. The van der Waals surface area contributed by atoms with Crippen LogP contribution >= 0.6 is 0 Å². The van der Waals surface area contributed by atoms with Gasteiger partial charge in [0.15, 0.2) is 0 Å². The van der Waals surface area contributed by atoms with Crippen LogP contribution in [0.15, 0.2) is 48.5 Å². The summed E-state index contributed by atoms with van der Waals surface area (Å²) in [6, 6.07) is 15.7. The number of amides is 2. The highest BCUT2D eigenvalue weighted by atomic mass is 16.5. The number of ether oxygens (including phenoxy) is 2. The van der Waals surface area contributed by atoms with Gasteiger partial charge in [-0.1, -0.05) is 48.5 Å². The van der Waals surface area contributed by atoms with Crippen LogP contribution in [0.4, 0.5) is 4.79 Å². The molecule has 0 aromatic heterocycles. The maximum Gasteiger partial charge on any atom is 0.407 e. The smallest absolute Gasteiger partial charge is 0.407 e. The third-order valence-electron chi connectivity index (χ3n) is 6.84. The van der Waals surface area contributed by atoms with Crippen molar-refractivity contribution in [2.24, 2.45) is 17.8 Å². The second kappa shape index (κ2) is 8.86. The van der Waals surface area contributed by atoms with Gasteiger partial charge in [0.2, 0.25) is 5.91 Å². The number of aliphatic carboxylic acids is 1. The molecule has 1 aliphatic heterocycles. The van der Waals surface area contributed by atoms with Crippen LogP contribution in [0.3, 0.4) is 0 Å². The van der Waals surface area contributed by atoms with E-state index in [0.29, 0.717) is 13.0 Å². The van der Waals surface area contributed by atoms with Crippen molar-refractivity contribution in [3.8, 4) is 11.1 Å². The molecule has 2 aromatic carbocycles. The van der Waals surface area contributed by atoms with Crippen molar-refractivity contribution in [2.75, 3.05) is 26.4 Å². The Balaban J connectivity index is 1.15. The minimum atomic E-state index is -0.826. The fraction of sp³-hybridized carbons (Fsp3) is 0.400. The normalized spacial score (nSPS) is 25.1. The second-order valence-corrected chi connectivity index (χ2v) is 8.91. The predicted molar refractivity (Wildman–Crippen MR) is 119 cm³/mol. The molecule has 4 atom stereocenters. The summed E-state index contributed by atoms with van der Waals surface area (Å²) >= 11 is 0. The van der Waals surface area contributed by atoms with E-state index in [2.05, 4.69) is 34.9 Å². The first-order chi connectivity index (χ1) is 16.0. The van der Waals surface area contributed by atoms with Gasteiger partial charge in [0.25, 0.3) is 0 Å². The largest absolute Gasteiger partial charge is 0.481 e. The van der Waals surface area contributed by atoms with Crippen LogP contribution in [-0.2, 0) is 19.1 Å². The summed E-state index contributed by atoms with van der Waals surface area (Å²) in [5.74, 6) is -2.04. The van der Waals surface area contributed by atoms with Crippen LogP contribution in [0.2, 0.25) is 0 Å². The van der Waals surface area contributed by atoms with E-state index >= 15 is 0 Å². The molecular formula is C25H26N2O6. The number of carboxylic acid groups (broad SMARTS) is 1. The lowest BCUT2D eigenvalue weighted by Crippen LogP contribution is -2.47. The molecule has 2 unspecified atom stereocenters. The van der Waals surface area contributed by atoms with Crippen molar-refractivity contribution in [1.29, 1.82) is 0 Å². The summed E-state index contributed by atoms with van der Waals surface area (Å²) in [6.45, 7) is 0.948. The van der Waals surface area contributed by atoms with Gasteiger partial charge in [-0.25, -0.2) is 4.79 Å². The van der Waals surface area contributed by atoms with E-state index in [9.17, 15) is 14.4 Å². The Morgan fingerprint density at radius 1 is 0.970 bits per heavy atom. The van der Waals surface area contributed by atoms with E-state index in [1.165, 1.54) is 0 Å². The van der Waals surface area contributed by atoms with Crippen molar-refractivity contribution >= 4 is 18.0 Å². The maximum absolute atomic E-state index is 12.6. The molecule has 8 nitrogen and oxygen atoms in total. The second-order valence-electron chi connectivity index (χ2n) is 8.91.